The van der Waals surface area contributed by atoms with Gasteiger partial charge in [-0.3, -0.25) is 14.5 Å². The van der Waals surface area contributed by atoms with E-state index in [2.05, 4.69) is 27.9 Å². The summed E-state index contributed by atoms with van der Waals surface area (Å²) in [5.74, 6) is -0.488. The van der Waals surface area contributed by atoms with Crippen molar-refractivity contribution in [1.29, 1.82) is 0 Å². The Morgan fingerprint density at radius 3 is 2.34 bits per heavy atom. The van der Waals surface area contributed by atoms with Gasteiger partial charge in [0.05, 0.1) is 12.1 Å². The Morgan fingerprint density at radius 2 is 1.66 bits per heavy atom. The van der Waals surface area contributed by atoms with Crippen LogP contribution in [0, 0.1) is 3.57 Å². The van der Waals surface area contributed by atoms with Crippen LogP contribution < -0.4 is 10.2 Å². The molecule has 1 unspecified atom stereocenters. The van der Waals surface area contributed by atoms with E-state index >= 15 is 0 Å². The van der Waals surface area contributed by atoms with E-state index in [1.165, 1.54) is 4.90 Å². The summed E-state index contributed by atoms with van der Waals surface area (Å²) in [6, 6.07) is 23.4. The number of nitrogens with zero attached hydrogens (tertiary/aromatic N) is 2. The van der Waals surface area contributed by atoms with Crippen LogP contribution in [0.3, 0.4) is 0 Å². The summed E-state index contributed by atoms with van der Waals surface area (Å²) in [6.45, 7) is 0.328. The van der Waals surface area contributed by atoms with Crippen molar-refractivity contribution in [2.75, 3.05) is 10.2 Å². The first-order valence-corrected chi connectivity index (χ1v) is 11.8. The molecule has 1 heterocycles. The molecule has 0 aliphatic carbocycles. The second-order valence-electron chi connectivity index (χ2n) is 7.29. The number of anilines is 2. The molecule has 2 amide bonds. The van der Waals surface area contributed by atoms with E-state index in [4.69, 9.17) is 23.8 Å². The molecule has 0 aromatic heterocycles. The minimum Gasteiger partial charge on any atom is -0.332 e. The third kappa shape index (κ3) is 4.95. The highest BCUT2D eigenvalue weighted by Gasteiger charge is 2.44. The van der Waals surface area contributed by atoms with Gasteiger partial charge in [-0.25, -0.2) is 0 Å². The van der Waals surface area contributed by atoms with Gasteiger partial charge >= 0.3 is 0 Å². The number of carbonyl (C=O) groups excluding carboxylic acids is 2. The predicted molar refractivity (Wildman–Crippen MR) is 140 cm³/mol. The molecule has 0 radical (unpaired) electrons. The molecule has 1 N–H and O–H groups in total. The molecule has 5 nitrogen and oxygen atoms in total. The van der Waals surface area contributed by atoms with Crippen LogP contribution in [0.15, 0.2) is 78.9 Å². The van der Waals surface area contributed by atoms with Gasteiger partial charge in [-0.2, -0.15) is 0 Å². The average Bonchev–Trinajstić information content (AvgIpc) is 3.01. The Labute approximate surface area is 210 Å². The van der Waals surface area contributed by atoms with E-state index in [1.54, 1.807) is 11.0 Å². The number of rotatable bonds is 6. The standard InChI is InChI=1S/C24H19ClIN3O2S/c25-20-9-5-4-6-16(20)15-28-21(14-22(30)27-18-12-10-17(26)11-13-18)23(31)29(24(28)32)19-7-2-1-3-8-19/h1-13,21H,14-15H2,(H,27,30). The molecule has 1 aliphatic rings. The van der Waals surface area contributed by atoms with E-state index in [1.807, 2.05) is 72.8 Å². The van der Waals surface area contributed by atoms with Crippen molar-refractivity contribution in [2.24, 2.45) is 0 Å². The minimum absolute atomic E-state index is 0.0290. The molecule has 162 valence electrons. The van der Waals surface area contributed by atoms with Crippen LogP contribution in [0.4, 0.5) is 11.4 Å². The van der Waals surface area contributed by atoms with Crippen LogP contribution in [0.1, 0.15) is 12.0 Å². The maximum atomic E-state index is 13.4. The van der Waals surface area contributed by atoms with Crippen molar-refractivity contribution in [2.45, 2.75) is 19.0 Å². The topological polar surface area (TPSA) is 52.7 Å². The summed E-state index contributed by atoms with van der Waals surface area (Å²) in [5, 5.41) is 3.81. The van der Waals surface area contributed by atoms with Gasteiger partial charge in [0.2, 0.25) is 5.91 Å². The van der Waals surface area contributed by atoms with Crippen molar-refractivity contribution in [3.63, 3.8) is 0 Å². The number of benzene rings is 3. The van der Waals surface area contributed by atoms with Crippen LogP contribution in [0.2, 0.25) is 5.02 Å². The molecule has 0 spiro atoms. The normalized spacial score (nSPS) is 15.9. The van der Waals surface area contributed by atoms with Crippen LogP contribution >= 0.6 is 46.4 Å². The Hall–Kier alpha value is -2.49. The zero-order valence-electron chi connectivity index (χ0n) is 16.9. The fourth-order valence-corrected chi connectivity index (χ4v) is 4.50. The van der Waals surface area contributed by atoms with Gasteiger partial charge < -0.3 is 10.2 Å². The molecule has 1 saturated heterocycles. The van der Waals surface area contributed by atoms with Crippen molar-refractivity contribution in [1.82, 2.24) is 4.90 Å². The van der Waals surface area contributed by atoms with Gasteiger partial charge in [-0.15, -0.1) is 0 Å². The molecule has 3 aromatic carbocycles. The Morgan fingerprint density at radius 1 is 1.00 bits per heavy atom. The SMILES string of the molecule is O=C(CC1C(=O)N(c2ccccc2)C(=S)N1Cc1ccccc1Cl)Nc1ccc(I)cc1. The maximum absolute atomic E-state index is 13.4. The largest absolute Gasteiger partial charge is 0.332 e. The summed E-state index contributed by atoms with van der Waals surface area (Å²) in [7, 11) is 0. The highest BCUT2D eigenvalue weighted by atomic mass is 127. The lowest BCUT2D eigenvalue weighted by atomic mass is 10.1. The third-order valence-corrected chi connectivity index (χ3v) is 6.64. The van der Waals surface area contributed by atoms with Gasteiger partial charge in [0.15, 0.2) is 5.11 Å². The summed E-state index contributed by atoms with van der Waals surface area (Å²) in [4.78, 5) is 29.5. The highest BCUT2D eigenvalue weighted by Crippen LogP contribution is 2.30. The monoisotopic (exact) mass is 575 g/mol. The molecular weight excluding hydrogens is 557 g/mol. The van der Waals surface area contributed by atoms with Crippen LogP contribution in [-0.4, -0.2) is 27.9 Å². The number of nitrogens with one attached hydrogen (secondary N) is 1. The second kappa shape index (κ2) is 9.97. The lowest BCUT2D eigenvalue weighted by Gasteiger charge is -2.24. The number of thiocarbonyl (C=S) groups is 1. The number of halogens is 2. The minimum atomic E-state index is -0.733. The number of amides is 2. The maximum Gasteiger partial charge on any atom is 0.256 e. The van der Waals surface area contributed by atoms with Gasteiger partial charge in [-0.1, -0.05) is 48.0 Å². The third-order valence-electron chi connectivity index (χ3n) is 5.14. The van der Waals surface area contributed by atoms with E-state index in [9.17, 15) is 9.59 Å². The van der Waals surface area contributed by atoms with Gasteiger partial charge in [0.1, 0.15) is 6.04 Å². The highest BCUT2D eigenvalue weighted by molar-refractivity contribution is 14.1. The average molecular weight is 576 g/mol. The van der Waals surface area contributed by atoms with Crippen molar-refractivity contribution in [3.05, 3.63) is 93.0 Å². The first-order chi connectivity index (χ1) is 15.4. The van der Waals surface area contributed by atoms with Gasteiger partial charge in [-0.05, 0) is 82.8 Å². The second-order valence-corrected chi connectivity index (χ2v) is 9.30. The van der Waals surface area contributed by atoms with Gasteiger partial charge in [0.25, 0.3) is 5.91 Å². The zero-order chi connectivity index (χ0) is 22.7. The quantitative estimate of drug-likeness (QED) is 0.313. The molecule has 0 bridgehead atoms. The predicted octanol–water partition coefficient (Wildman–Crippen LogP) is 5.48. The first kappa shape index (κ1) is 22.7. The van der Waals surface area contributed by atoms with E-state index < -0.39 is 6.04 Å². The smallest absolute Gasteiger partial charge is 0.256 e. The fourth-order valence-electron chi connectivity index (χ4n) is 3.56. The lowest BCUT2D eigenvalue weighted by Crippen LogP contribution is -2.37. The molecule has 1 aliphatic heterocycles. The van der Waals surface area contributed by atoms with E-state index in [0.29, 0.717) is 28.1 Å². The fraction of sp³-hybridized carbons (Fsp3) is 0.125. The van der Waals surface area contributed by atoms with Crippen LogP contribution in [0.25, 0.3) is 0 Å². The number of para-hydroxylation sites is 1. The Kier molecular flexibility index (Phi) is 7.07. The molecule has 1 atom stereocenters. The lowest BCUT2D eigenvalue weighted by molar-refractivity contribution is -0.124. The number of hydrogen-bond acceptors (Lipinski definition) is 3. The molecule has 32 heavy (non-hydrogen) atoms. The molecule has 3 aromatic rings. The Bertz CT molecular complexity index is 1160. The Balaban J connectivity index is 1.60. The molecule has 4 rings (SSSR count). The van der Waals surface area contributed by atoms with Crippen LogP contribution in [-0.2, 0) is 16.1 Å². The molecule has 0 saturated carbocycles. The van der Waals surface area contributed by atoms with E-state index in [0.717, 1.165) is 9.13 Å². The summed E-state index contributed by atoms with van der Waals surface area (Å²) < 4.78 is 1.07. The number of hydrogen-bond donors (Lipinski definition) is 1. The van der Waals surface area contributed by atoms with E-state index in [-0.39, 0.29) is 18.2 Å². The number of carbonyl (C=O) groups is 2. The zero-order valence-corrected chi connectivity index (χ0v) is 20.6. The van der Waals surface area contributed by atoms with Gasteiger partial charge in [0, 0.05) is 20.8 Å². The van der Waals surface area contributed by atoms with Crippen molar-refractivity contribution in [3.8, 4) is 0 Å². The summed E-state index contributed by atoms with van der Waals surface area (Å²) in [5.41, 5.74) is 2.19. The molecule has 1 fully saturated rings. The van der Waals surface area contributed by atoms with Crippen LogP contribution in [0.5, 0.6) is 0 Å². The molecule has 8 heteroatoms. The molecular formula is C24H19ClIN3O2S. The summed E-state index contributed by atoms with van der Waals surface area (Å²) in [6.07, 6.45) is -0.0290. The first-order valence-electron chi connectivity index (χ1n) is 9.92. The van der Waals surface area contributed by atoms with Crippen molar-refractivity contribution < 1.29 is 9.59 Å². The summed E-state index contributed by atoms with van der Waals surface area (Å²) >= 11 is 14.3. The van der Waals surface area contributed by atoms with Crippen molar-refractivity contribution >= 4 is 74.7 Å².